The highest BCUT2D eigenvalue weighted by atomic mass is 14.9. The number of hydrogen-bond acceptors (Lipinski definition) is 3. The van der Waals surface area contributed by atoms with Crippen LogP contribution < -0.4 is 5.32 Å². The Morgan fingerprint density at radius 1 is 1.12 bits per heavy atom. The third kappa shape index (κ3) is 2.37. The third-order valence-corrected chi connectivity index (χ3v) is 2.23. The van der Waals surface area contributed by atoms with Crippen LogP contribution in [0.2, 0.25) is 0 Å². The van der Waals surface area contributed by atoms with Gasteiger partial charge < -0.3 is 5.32 Å². The van der Waals surface area contributed by atoms with Crippen molar-refractivity contribution in [2.24, 2.45) is 0 Å². The predicted molar refractivity (Wildman–Crippen MR) is 62.7 cm³/mol. The van der Waals surface area contributed by atoms with Crippen LogP contribution in [0.15, 0.2) is 54.9 Å². The minimum Gasteiger partial charge on any atom is -0.365 e. The van der Waals surface area contributed by atoms with Crippen molar-refractivity contribution in [1.29, 1.82) is 5.26 Å². The second kappa shape index (κ2) is 4.94. The predicted octanol–water partition coefficient (Wildman–Crippen LogP) is 2.76. The minimum atomic E-state index is -0.342. The molecule has 0 aliphatic carbocycles. The molecule has 0 amide bonds. The Bertz CT molecular complexity index is 474. The Hall–Kier alpha value is -2.34. The van der Waals surface area contributed by atoms with Crippen LogP contribution in [0.25, 0.3) is 0 Å². The smallest absolute Gasteiger partial charge is 0.140 e. The van der Waals surface area contributed by atoms with Crippen LogP contribution in [0.1, 0.15) is 11.6 Å². The zero-order valence-electron chi connectivity index (χ0n) is 8.67. The van der Waals surface area contributed by atoms with E-state index in [4.69, 9.17) is 5.26 Å². The SMILES string of the molecule is N#C[C@H](Nc1cccnc1)c1ccccc1. The summed E-state index contributed by atoms with van der Waals surface area (Å²) in [6.45, 7) is 0. The summed E-state index contributed by atoms with van der Waals surface area (Å²) in [6.07, 6.45) is 3.41. The van der Waals surface area contributed by atoms with Gasteiger partial charge in [-0.1, -0.05) is 30.3 Å². The van der Waals surface area contributed by atoms with Gasteiger partial charge in [-0.3, -0.25) is 4.98 Å². The van der Waals surface area contributed by atoms with E-state index in [1.54, 1.807) is 12.4 Å². The molecule has 1 heterocycles. The van der Waals surface area contributed by atoms with Gasteiger partial charge in [-0.2, -0.15) is 5.26 Å². The number of nitriles is 1. The van der Waals surface area contributed by atoms with E-state index < -0.39 is 0 Å². The lowest BCUT2D eigenvalue weighted by molar-refractivity contribution is 0.994. The summed E-state index contributed by atoms with van der Waals surface area (Å²) in [5, 5.41) is 12.2. The second-order valence-corrected chi connectivity index (χ2v) is 3.36. The maximum Gasteiger partial charge on any atom is 0.140 e. The first-order valence-corrected chi connectivity index (χ1v) is 5.01. The fraction of sp³-hybridized carbons (Fsp3) is 0.0769. The fourth-order valence-electron chi connectivity index (χ4n) is 1.45. The minimum absolute atomic E-state index is 0.342. The van der Waals surface area contributed by atoms with Crippen molar-refractivity contribution in [2.75, 3.05) is 5.32 Å². The van der Waals surface area contributed by atoms with E-state index >= 15 is 0 Å². The van der Waals surface area contributed by atoms with Crippen molar-refractivity contribution in [2.45, 2.75) is 6.04 Å². The Labute approximate surface area is 94.4 Å². The van der Waals surface area contributed by atoms with Gasteiger partial charge in [0.15, 0.2) is 0 Å². The first-order valence-electron chi connectivity index (χ1n) is 5.01. The van der Waals surface area contributed by atoms with Gasteiger partial charge in [0.2, 0.25) is 0 Å². The van der Waals surface area contributed by atoms with Gasteiger partial charge in [-0.15, -0.1) is 0 Å². The van der Waals surface area contributed by atoms with Crippen LogP contribution in [0, 0.1) is 11.3 Å². The van der Waals surface area contributed by atoms with E-state index in [1.807, 2.05) is 42.5 Å². The molecule has 16 heavy (non-hydrogen) atoms. The van der Waals surface area contributed by atoms with Crippen molar-refractivity contribution in [3.05, 3.63) is 60.4 Å². The van der Waals surface area contributed by atoms with Crippen molar-refractivity contribution in [3.63, 3.8) is 0 Å². The quantitative estimate of drug-likeness (QED) is 0.845. The van der Waals surface area contributed by atoms with Crippen molar-refractivity contribution in [3.8, 4) is 6.07 Å². The lowest BCUT2D eigenvalue weighted by Gasteiger charge is -2.12. The molecule has 2 aromatic rings. The second-order valence-electron chi connectivity index (χ2n) is 3.36. The van der Waals surface area contributed by atoms with E-state index in [0.717, 1.165) is 11.3 Å². The van der Waals surface area contributed by atoms with Crippen LogP contribution in [-0.2, 0) is 0 Å². The molecule has 1 aromatic heterocycles. The number of benzene rings is 1. The fourth-order valence-corrected chi connectivity index (χ4v) is 1.45. The lowest BCUT2D eigenvalue weighted by Crippen LogP contribution is -2.08. The highest BCUT2D eigenvalue weighted by Crippen LogP contribution is 2.17. The van der Waals surface area contributed by atoms with E-state index in [-0.39, 0.29) is 6.04 Å². The molecule has 0 saturated carbocycles. The first kappa shape index (κ1) is 10.2. The number of rotatable bonds is 3. The van der Waals surface area contributed by atoms with E-state index in [0.29, 0.717) is 0 Å². The monoisotopic (exact) mass is 209 g/mol. The van der Waals surface area contributed by atoms with Crippen LogP contribution >= 0.6 is 0 Å². The van der Waals surface area contributed by atoms with Gasteiger partial charge in [-0.25, -0.2) is 0 Å². The maximum absolute atomic E-state index is 9.11. The summed E-state index contributed by atoms with van der Waals surface area (Å²) in [7, 11) is 0. The van der Waals surface area contributed by atoms with Gasteiger partial charge in [0, 0.05) is 12.4 Å². The van der Waals surface area contributed by atoms with Crippen molar-refractivity contribution >= 4 is 5.69 Å². The number of aromatic nitrogens is 1. The van der Waals surface area contributed by atoms with Gasteiger partial charge in [0.05, 0.1) is 11.8 Å². The Morgan fingerprint density at radius 3 is 2.56 bits per heavy atom. The molecule has 2 rings (SSSR count). The molecule has 0 spiro atoms. The summed E-state index contributed by atoms with van der Waals surface area (Å²) >= 11 is 0. The molecule has 1 aromatic carbocycles. The highest BCUT2D eigenvalue weighted by molar-refractivity contribution is 5.45. The third-order valence-electron chi connectivity index (χ3n) is 2.23. The summed E-state index contributed by atoms with van der Waals surface area (Å²) in [5.74, 6) is 0. The van der Waals surface area contributed by atoms with Gasteiger partial charge in [-0.05, 0) is 17.7 Å². The molecule has 1 N–H and O–H groups in total. The molecule has 0 aliphatic rings. The lowest BCUT2D eigenvalue weighted by atomic mass is 10.1. The topological polar surface area (TPSA) is 48.7 Å². The van der Waals surface area contributed by atoms with Crippen LogP contribution in [0.4, 0.5) is 5.69 Å². The largest absolute Gasteiger partial charge is 0.365 e. The average Bonchev–Trinajstić information content (AvgIpc) is 2.38. The number of anilines is 1. The summed E-state index contributed by atoms with van der Waals surface area (Å²) in [4.78, 5) is 3.99. The molecular formula is C13H11N3. The Balaban J connectivity index is 2.17. The van der Waals surface area contributed by atoms with E-state index in [9.17, 15) is 0 Å². The Kier molecular flexibility index (Phi) is 3.15. The molecule has 0 radical (unpaired) electrons. The van der Waals surface area contributed by atoms with Gasteiger partial charge >= 0.3 is 0 Å². The van der Waals surface area contributed by atoms with E-state index in [1.165, 1.54) is 0 Å². The zero-order chi connectivity index (χ0) is 11.2. The standard InChI is InChI=1S/C13H11N3/c14-9-13(11-5-2-1-3-6-11)16-12-7-4-8-15-10-12/h1-8,10,13,16H/t13-/m0/s1. The molecule has 3 nitrogen and oxygen atoms in total. The molecule has 0 aliphatic heterocycles. The molecular weight excluding hydrogens is 198 g/mol. The number of hydrogen-bond donors (Lipinski definition) is 1. The molecule has 1 atom stereocenters. The summed E-state index contributed by atoms with van der Waals surface area (Å²) in [6, 6.07) is 15.2. The number of nitrogens with zero attached hydrogens (tertiary/aromatic N) is 2. The molecule has 3 heteroatoms. The summed E-state index contributed by atoms with van der Waals surface area (Å²) in [5.41, 5.74) is 1.80. The van der Waals surface area contributed by atoms with Crippen LogP contribution in [-0.4, -0.2) is 4.98 Å². The summed E-state index contributed by atoms with van der Waals surface area (Å²) < 4.78 is 0. The Morgan fingerprint density at radius 2 is 1.94 bits per heavy atom. The van der Waals surface area contributed by atoms with Crippen molar-refractivity contribution in [1.82, 2.24) is 4.98 Å². The molecule has 0 bridgehead atoms. The van der Waals surface area contributed by atoms with Crippen LogP contribution in [0.3, 0.4) is 0 Å². The maximum atomic E-state index is 9.11. The van der Waals surface area contributed by atoms with Crippen molar-refractivity contribution < 1.29 is 0 Å². The molecule has 0 unspecified atom stereocenters. The number of pyridine rings is 1. The molecule has 0 saturated heterocycles. The number of nitrogens with one attached hydrogen (secondary N) is 1. The molecule has 78 valence electrons. The average molecular weight is 209 g/mol. The van der Waals surface area contributed by atoms with Gasteiger partial charge in [0.25, 0.3) is 0 Å². The zero-order valence-corrected chi connectivity index (χ0v) is 8.67. The van der Waals surface area contributed by atoms with Gasteiger partial charge in [0.1, 0.15) is 6.04 Å². The first-order chi connectivity index (χ1) is 7.90. The normalized spacial score (nSPS) is 11.4. The molecule has 0 fully saturated rings. The van der Waals surface area contributed by atoms with E-state index in [2.05, 4.69) is 16.4 Å². The highest BCUT2D eigenvalue weighted by Gasteiger charge is 2.08. The van der Waals surface area contributed by atoms with Crippen LogP contribution in [0.5, 0.6) is 0 Å².